The third-order valence-corrected chi connectivity index (χ3v) is 5.10. The standard InChI is InChI=1S/C25H22N2O4/c1-16(20-13-12-18-8-6-7-11-21(18)14-20)26-22(28)15-30-25(29)23-17(2)31-27-24(23)19-9-4-3-5-10-19/h3-14,16H,15H2,1-2H3,(H,26,28). The van der Waals surface area contributed by atoms with Crippen LogP contribution in [0.1, 0.15) is 34.6 Å². The van der Waals surface area contributed by atoms with Gasteiger partial charge in [-0.15, -0.1) is 0 Å². The van der Waals surface area contributed by atoms with Gasteiger partial charge in [-0.05, 0) is 36.2 Å². The van der Waals surface area contributed by atoms with Crippen molar-refractivity contribution in [2.24, 2.45) is 0 Å². The van der Waals surface area contributed by atoms with Crippen LogP contribution in [0.15, 0.2) is 77.3 Å². The summed E-state index contributed by atoms with van der Waals surface area (Å²) in [4.78, 5) is 25.0. The molecule has 1 amide bonds. The van der Waals surface area contributed by atoms with Gasteiger partial charge in [-0.25, -0.2) is 4.79 Å². The van der Waals surface area contributed by atoms with Crippen LogP contribution < -0.4 is 5.32 Å². The number of ether oxygens (including phenoxy) is 1. The lowest BCUT2D eigenvalue weighted by molar-refractivity contribution is -0.124. The van der Waals surface area contributed by atoms with Gasteiger partial charge in [0, 0.05) is 5.56 Å². The fourth-order valence-corrected chi connectivity index (χ4v) is 3.45. The molecule has 1 atom stereocenters. The van der Waals surface area contributed by atoms with Crippen LogP contribution in [0.3, 0.4) is 0 Å². The Morgan fingerprint density at radius 3 is 2.48 bits per heavy atom. The summed E-state index contributed by atoms with van der Waals surface area (Å²) in [7, 11) is 0. The number of rotatable bonds is 6. The van der Waals surface area contributed by atoms with Gasteiger partial charge in [-0.2, -0.15) is 0 Å². The van der Waals surface area contributed by atoms with E-state index in [-0.39, 0.29) is 17.5 Å². The zero-order valence-electron chi connectivity index (χ0n) is 17.3. The van der Waals surface area contributed by atoms with Crippen molar-refractivity contribution < 1.29 is 18.8 Å². The van der Waals surface area contributed by atoms with Gasteiger partial charge in [0.1, 0.15) is 17.0 Å². The first-order valence-electron chi connectivity index (χ1n) is 10.00. The summed E-state index contributed by atoms with van der Waals surface area (Å²) >= 11 is 0. The van der Waals surface area contributed by atoms with Crippen molar-refractivity contribution in [1.29, 1.82) is 0 Å². The van der Waals surface area contributed by atoms with Crippen LogP contribution in [-0.4, -0.2) is 23.6 Å². The number of hydrogen-bond acceptors (Lipinski definition) is 5. The zero-order chi connectivity index (χ0) is 21.8. The Labute approximate surface area is 179 Å². The number of carbonyl (C=O) groups is 2. The molecule has 0 aliphatic rings. The van der Waals surface area contributed by atoms with Crippen LogP contribution >= 0.6 is 0 Å². The number of fused-ring (bicyclic) bond motifs is 1. The minimum Gasteiger partial charge on any atom is -0.452 e. The van der Waals surface area contributed by atoms with Crippen LogP contribution in [0, 0.1) is 6.92 Å². The predicted octanol–water partition coefficient (Wildman–Crippen LogP) is 4.84. The highest BCUT2D eigenvalue weighted by Crippen LogP contribution is 2.26. The van der Waals surface area contributed by atoms with E-state index in [0.717, 1.165) is 21.9 Å². The van der Waals surface area contributed by atoms with E-state index < -0.39 is 12.6 Å². The van der Waals surface area contributed by atoms with Gasteiger partial charge in [-0.1, -0.05) is 71.9 Å². The van der Waals surface area contributed by atoms with Gasteiger partial charge in [-0.3, -0.25) is 4.79 Å². The summed E-state index contributed by atoms with van der Waals surface area (Å²) in [5, 5.41) is 9.07. The topological polar surface area (TPSA) is 81.4 Å². The normalized spacial score (nSPS) is 11.8. The Hall–Kier alpha value is -3.93. The monoisotopic (exact) mass is 414 g/mol. The summed E-state index contributed by atoms with van der Waals surface area (Å²) in [6.07, 6.45) is 0. The van der Waals surface area contributed by atoms with Gasteiger partial charge >= 0.3 is 5.97 Å². The molecular weight excluding hydrogens is 392 g/mol. The van der Waals surface area contributed by atoms with E-state index in [9.17, 15) is 9.59 Å². The quantitative estimate of drug-likeness (QED) is 0.457. The first-order valence-corrected chi connectivity index (χ1v) is 10.00. The average Bonchev–Trinajstić information content (AvgIpc) is 3.19. The number of amides is 1. The summed E-state index contributed by atoms with van der Waals surface area (Å²) in [5.41, 5.74) is 2.33. The number of benzene rings is 3. The lowest BCUT2D eigenvalue weighted by Crippen LogP contribution is -2.31. The SMILES string of the molecule is Cc1onc(-c2ccccc2)c1C(=O)OCC(=O)NC(C)c1ccc2ccccc2c1. The second kappa shape index (κ2) is 8.83. The Balaban J connectivity index is 1.40. The molecule has 1 aromatic heterocycles. The fraction of sp³-hybridized carbons (Fsp3) is 0.160. The van der Waals surface area contributed by atoms with Crippen LogP contribution in [-0.2, 0) is 9.53 Å². The molecule has 3 aromatic carbocycles. The van der Waals surface area contributed by atoms with Gasteiger partial charge in [0.25, 0.3) is 5.91 Å². The molecule has 156 valence electrons. The summed E-state index contributed by atoms with van der Waals surface area (Å²) in [5.74, 6) is -0.690. The summed E-state index contributed by atoms with van der Waals surface area (Å²) in [6.45, 7) is 3.13. The highest BCUT2D eigenvalue weighted by molar-refractivity contribution is 5.98. The Morgan fingerprint density at radius 2 is 1.71 bits per heavy atom. The van der Waals surface area contributed by atoms with Crippen LogP contribution in [0.2, 0.25) is 0 Å². The van der Waals surface area contributed by atoms with E-state index in [1.807, 2.05) is 79.7 Å². The highest BCUT2D eigenvalue weighted by atomic mass is 16.5. The lowest BCUT2D eigenvalue weighted by atomic mass is 10.0. The van der Waals surface area contributed by atoms with Crippen LogP contribution in [0.4, 0.5) is 0 Å². The molecular formula is C25H22N2O4. The Kier molecular flexibility index (Phi) is 5.80. The number of nitrogens with one attached hydrogen (secondary N) is 1. The molecule has 0 fully saturated rings. The van der Waals surface area contributed by atoms with Crippen molar-refractivity contribution in [1.82, 2.24) is 10.5 Å². The molecule has 0 spiro atoms. The maximum Gasteiger partial charge on any atom is 0.344 e. The summed E-state index contributed by atoms with van der Waals surface area (Å²) in [6, 6.07) is 23.1. The lowest BCUT2D eigenvalue weighted by Gasteiger charge is -2.15. The van der Waals surface area contributed by atoms with Crippen molar-refractivity contribution in [3.63, 3.8) is 0 Å². The molecule has 6 heteroatoms. The minimum absolute atomic E-state index is 0.224. The second-order valence-corrected chi connectivity index (χ2v) is 7.30. The number of aromatic nitrogens is 1. The summed E-state index contributed by atoms with van der Waals surface area (Å²) < 4.78 is 10.4. The molecule has 6 nitrogen and oxygen atoms in total. The highest BCUT2D eigenvalue weighted by Gasteiger charge is 2.23. The van der Waals surface area contributed by atoms with E-state index in [2.05, 4.69) is 10.5 Å². The third kappa shape index (κ3) is 4.48. The number of hydrogen-bond donors (Lipinski definition) is 1. The van der Waals surface area contributed by atoms with Crippen molar-refractivity contribution in [3.8, 4) is 11.3 Å². The van der Waals surface area contributed by atoms with Crippen LogP contribution in [0.25, 0.3) is 22.0 Å². The van der Waals surface area contributed by atoms with Gasteiger partial charge in [0.2, 0.25) is 0 Å². The molecule has 0 radical (unpaired) electrons. The fourth-order valence-electron chi connectivity index (χ4n) is 3.45. The van der Waals surface area contributed by atoms with E-state index in [0.29, 0.717) is 11.5 Å². The smallest absolute Gasteiger partial charge is 0.344 e. The number of aryl methyl sites for hydroxylation is 1. The van der Waals surface area contributed by atoms with E-state index in [1.54, 1.807) is 6.92 Å². The Morgan fingerprint density at radius 1 is 1.00 bits per heavy atom. The van der Waals surface area contributed by atoms with Crippen molar-refractivity contribution >= 4 is 22.6 Å². The molecule has 0 bridgehead atoms. The first kappa shape index (κ1) is 20.3. The molecule has 1 unspecified atom stereocenters. The zero-order valence-corrected chi connectivity index (χ0v) is 17.3. The molecule has 0 aliphatic carbocycles. The maximum absolute atomic E-state index is 12.6. The average molecular weight is 414 g/mol. The first-order chi connectivity index (χ1) is 15.0. The molecule has 0 saturated heterocycles. The Bertz CT molecular complexity index is 1230. The predicted molar refractivity (Wildman–Crippen MR) is 117 cm³/mol. The molecule has 1 N–H and O–H groups in total. The molecule has 4 aromatic rings. The molecule has 1 heterocycles. The minimum atomic E-state index is -0.647. The van der Waals surface area contributed by atoms with E-state index in [4.69, 9.17) is 9.26 Å². The maximum atomic E-state index is 12.6. The van der Waals surface area contributed by atoms with E-state index in [1.165, 1.54) is 0 Å². The number of esters is 1. The molecule has 0 aliphatic heterocycles. The van der Waals surface area contributed by atoms with Crippen LogP contribution in [0.5, 0.6) is 0 Å². The number of nitrogens with zero attached hydrogens (tertiary/aromatic N) is 1. The van der Waals surface area contributed by atoms with Gasteiger partial charge < -0.3 is 14.6 Å². The molecule has 0 saturated carbocycles. The number of carbonyl (C=O) groups excluding carboxylic acids is 2. The van der Waals surface area contributed by atoms with E-state index >= 15 is 0 Å². The largest absolute Gasteiger partial charge is 0.452 e. The second-order valence-electron chi connectivity index (χ2n) is 7.30. The molecule has 4 rings (SSSR count). The van der Waals surface area contributed by atoms with Gasteiger partial charge in [0.15, 0.2) is 6.61 Å². The molecule has 31 heavy (non-hydrogen) atoms. The van der Waals surface area contributed by atoms with Crippen molar-refractivity contribution in [3.05, 3.63) is 89.7 Å². The third-order valence-electron chi connectivity index (χ3n) is 5.10. The van der Waals surface area contributed by atoms with Gasteiger partial charge in [0.05, 0.1) is 6.04 Å². The van der Waals surface area contributed by atoms with Crippen molar-refractivity contribution in [2.45, 2.75) is 19.9 Å². The van der Waals surface area contributed by atoms with Crippen molar-refractivity contribution in [2.75, 3.05) is 6.61 Å².